The van der Waals surface area contributed by atoms with Gasteiger partial charge in [-0.05, 0) is 76.9 Å². The van der Waals surface area contributed by atoms with Gasteiger partial charge in [-0.2, -0.15) is 0 Å². The molecule has 2 aromatic carbocycles. The van der Waals surface area contributed by atoms with Crippen molar-refractivity contribution in [2.24, 2.45) is 5.92 Å². The van der Waals surface area contributed by atoms with Crippen LogP contribution in [0.15, 0.2) is 36.4 Å². The first-order valence-corrected chi connectivity index (χ1v) is 12.7. The van der Waals surface area contributed by atoms with Crippen molar-refractivity contribution < 1.29 is 14.5 Å². The Hall–Kier alpha value is -3.33. The first-order valence-electron chi connectivity index (χ1n) is 12.7. The molecule has 0 aromatic heterocycles. The number of hydrogen-bond donors (Lipinski definition) is 2. The van der Waals surface area contributed by atoms with Gasteiger partial charge in [0.15, 0.2) is 0 Å². The van der Waals surface area contributed by atoms with Crippen molar-refractivity contribution in [1.82, 2.24) is 4.90 Å². The number of benzene rings is 2. The average molecular weight is 496 g/mol. The molecule has 0 unspecified atom stereocenters. The molecule has 2 fully saturated rings. The number of likely N-dealkylation sites (N-methyl/N-ethyl adjacent to an activating group) is 1. The number of nitrogens with zero attached hydrogens (tertiary/aromatic N) is 3. The molecule has 1 atom stereocenters. The number of para-hydroxylation sites is 1. The molecular formula is C27H37N5O4. The minimum atomic E-state index is -0.268. The minimum absolute atomic E-state index is 0.0109. The van der Waals surface area contributed by atoms with Gasteiger partial charge in [0.05, 0.1) is 12.0 Å². The zero-order valence-electron chi connectivity index (χ0n) is 21.6. The Morgan fingerprint density at radius 3 is 2.53 bits per heavy atom. The van der Waals surface area contributed by atoms with E-state index < -0.39 is 0 Å². The van der Waals surface area contributed by atoms with Crippen LogP contribution in [0.4, 0.5) is 22.7 Å². The van der Waals surface area contributed by atoms with Gasteiger partial charge in [-0.3, -0.25) is 14.9 Å². The number of carbonyl (C=O) groups is 1. The molecule has 9 nitrogen and oxygen atoms in total. The highest BCUT2D eigenvalue weighted by Gasteiger charge is 2.32. The molecule has 36 heavy (non-hydrogen) atoms. The smallest absolute Gasteiger partial charge is 0.315 e. The van der Waals surface area contributed by atoms with Crippen molar-refractivity contribution in [1.29, 1.82) is 0 Å². The average Bonchev–Trinajstić information content (AvgIpc) is 3.36. The van der Waals surface area contributed by atoms with Crippen molar-refractivity contribution in [2.75, 3.05) is 49.8 Å². The van der Waals surface area contributed by atoms with E-state index in [1.807, 2.05) is 37.3 Å². The molecule has 1 aliphatic heterocycles. The highest BCUT2D eigenvalue weighted by Crippen LogP contribution is 2.39. The van der Waals surface area contributed by atoms with Crippen LogP contribution in [-0.4, -0.2) is 62.1 Å². The molecule has 0 radical (unpaired) electrons. The molecule has 1 aliphatic carbocycles. The van der Waals surface area contributed by atoms with Gasteiger partial charge in [0, 0.05) is 42.8 Å². The number of anilines is 3. The molecule has 4 rings (SSSR count). The third-order valence-corrected chi connectivity index (χ3v) is 7.56. The van der Waals surface area contributed by atoms with Crippen molar-refractivity contribution in [2.45, 2.75) is 51.1 Å². The monoisotopic (exact) mass is 495 g/mol. The molecule has 1 saturated heterocycles. The zero-order valence-corrected chi connectivity index (χ0v) is 21.6. The van der Waals surface area contributed by atoms with E-state index in [0.717, 1.165) is 62.2 Å². The van der Waals surface area contributed by atoms with Gasteiger partial charge in [-0.1, -0.05) is 12.1 Å². The van der Waals surface area contributed by atoms with Crippen molar-refractivity contribution in [3.8, 4) is 5.75 Å². The van der Waals surface area contributed by atoms with E-state index in [0.29, 0.717) is 17.4 Å². The number of methoxy groups -OCH3 is 1. The number of carbonyl (C=O) groups excluding carboxylic acids is 1. The van der Waals surface area contributed by atoms with Gasteiger partial charge >= 0.3 is 5.69 Å². The van der Waals surface area contributed by atoms with Crippen molar-refractivity contribution in [3.05, 3.63) is 52.1 Å². The summed E-state index contributed by atoms with van der Waals surface area (Å²) in [7, 11) is 5.72. The van der Waals surface area contributed by atoms with E-state index in [4.69, 9.17) is 4.74 Å². The third-order valence-electron chi connectivity index (χ3n) is 7.56. The fourth-order valence-electron chi connectivity index (χ4n) is 5.34. The quantitative estimate of drug-likeness (QED) is 0.406. The summed E-state index contributed by atoms with van der Waals surface area (Å²) in [5.74, 6) is 0.678. The van der Waals surface area contributed by atoms with Crippen LogP contribution in [0.25, 0.3) is 0 Å². The lowest BCUT2D eigenvalue weighted by Crippen LogP contribution is -2.33. The molecule has 1 amide bonds. The van der Waals surface area contributed by atoms with Crippen molar-refractivity contribution >= 4 is 28.7 Å². The van der Waals surface area contributed by atoms with Gasteiger partial charge in [-0.15, -0.1) is 0 Å². The first kappa shape index (κ1) is 25.8. The summed E-state index contributed by atoms with van der Waals surface area (Å²) in [6.45, 7) is 3.55. The summed E-state index contributed by atoms with van der Waals surface area (Å²) in [4.78, 5) is 29.0. The lowest BCUT2D eigenvalue weighted by molar-refractivity contribution is -0.383. The Kier molecular flexibility index (Phi) is 7.98. The standard InChI is InChI=1S/C27H37N5O4/c1-18-8-11-21(16-25(18)36-4)29-27(33)19-9-12-20(13-10-19)28-23-6-5-7-24(26(23)32(34)35)31-15-14-22(17-31)30(2)3/h5-8,11,16,19-20,22,28H,9-10,12-15,17H2,1-4H3,(H,29,33)/t19?,20?,22-/m0/s1. The van der Waals surface area contributed by atoms with Crippen LogP contribution in [0, 0.1) is 23.0 Å². The fraction of sp³-hybridized carbons (Fsp3) is 0.519. The van der Waals surface area contributed by atoms with Gasteiger partial charge in [0.2, 0.25) is 5.91 Å². The van der Waals surface area contributed by atoms with Crippen LogP contribution >= 0.6 is 0 Å². The number of ether oxygens (including phenoxy) is 1. The molecule has 2 aliphatic rings. The Balaban J connectivity index is 1.38. The van der Waals surface area contributed by atoms with Crippen LogP contribution < -0.4 is 20.3 Å². The lowest BCUT2D eigenvalue weighted by atomic mass is 9.85. The highest BCUT2D eigenvalue weighted by atomic mass is 16.6. The summed E-state index contributed by atoms with van der Waals surface area (Å²) in [6, 6.07) is 11.7. The molecule has 1 heterocycles. The fourth-order valence-corrected chi connectivity index (χ4v) is 5.34. The van der Waals surface area contributed by atoms with Crippen LogP contribution in [0.5, 0.6) is 5.75 Å². The predicted molar refractivity (Wildman–Crippen MR) is 143 cm³/mol. The largest absolute Gasteiger partial charge is 0.496 e. The normalized spacial score (nSPS) is 21.9. The molecule has 194 valence electrons. The van der Waals surface area contributed by atoms with E-state index in [-0.39, 0.29) is 28.5 Å². The number of amides is 1. The summed E-state index contributed by atoms with van der Waals surface area (Å²) < 4.78 is 5.35. The summed E-state index contributed by atoms with van der Waals surface area (Å²) in [6.07, 6.45) is 4.02. The second-order valence-corrected chi connectivity index (χ2v) is 10.1. The Labute approximate surface area is 212 Å². The Bertz CT molecular complexity index is 1100. The second-order valence-electron chi connectivity index (χ2n) is 10.1. The van der Waals surface area contributed by atoms with Crippen molar-refractivity contribution in [3.63, 3.8) is 0 Å². The molecule has 2 N–H and O–H groups in total. The molecule has 0 spiro atoms. The molecule has 1 saturated carbocycles. The molecule has 0 bridgehead atoms. The van der Waals surface area contributed by atoms with E-state index in [9.17, 15) is 14.9 Å². The number of rotatable bonds is 8. The highest BCUT2D eigenvalue weighted by molar-refractivity contribution is 5.92. The topological polar surface area (TPSA) is 100.0 Å². The maximum absolute atomic E-state index is 12.9. The molecule has 9 heteroatoms. The van der Waals surface area contributed by atoms with Crippen LogP contribution in [0.2, 0.25) is 0 Å². The summed E-state index contributed by atoms with van der Waals surface area (Å²) >= 11 is 0. The summed E-state index contributed by atoms with van der Waals surface area (Å²) in [5, 5.41) is 18.6. The lowest BCUT2D eigenvalue weighted by Gasteiger charge is -2.29. The van der Waals surface area contributed by atoms with E-state index in [1.54, 1.807) is 13.2 Å². The molecule has 2 aromatic rings. The zero-order chi connectivity index (χ0) is 25.8. The molecular weight excluding hydrogens is 458 g/mol. The van der Waals surface area contributed by atoms with Gasteiger partial charge < -0.3 is 25.2 Å². The maximum atomic E-state index is 12.9. The Morgan fingerprint density at radius 2 is 1.89 bits per heavy atom. The number of nitrogens with one attached hydrogen (secondary N) is 2. The van der Waals surface area contributed by atoms with Gasteiger partial charge in [0.1, 0.15) is 17.1 Å². The number of aryl methyl sites for hydroxylation is 1. The maximum Gasteiger partial charge on any atom is 0.315 e. The van der Waals surface area contributed by atoms with E-state index in [1.165, 1.54) is 0 Å². The van der Waals surface area contributed by atoms with Gasteiger partial charge in [-0.25, -0.2) is 0 Å². The van der Waals surface area contributed by atoms with E-state index in [2.05, 4.69) is 34.5 Å². The SMILES string of the molecule is COc1cc(NC(=O)C2CCC(Nc3cccc(N4CC[C@H](N(C)C)C4)c3[N+](=O)[O-])CC2)ccc1C. The predicted octanol–water partition coefficient (Wildman–Crippen LogP) is 4.66. The van der Waals surface area contributed by atoms with Crippen LogP contribution in [-0.2, 0) is 4.79 Å². The van der Waals surface area contributed by atoms with Crippen LogP contribution in [0.3, 0.4) is 0 Å². The number of nitro benzene ring substituents is 1. The number of hydrogen-bond acceptors (Lipinski definition) is 7. The van der Waals surface area contributed by atoms with Crippen LogP contribution in [0.1, 0.15) is 37.7 Å². The first-order chi connectivity index (χ1) is 17.3. The third kappa shape index (κ3) is 5.73. The summed E-state index contributed by atoms with van der Waals surface area (Å²) in [5.41, 5.74) is 3.13. The second kappa shape index (κ2) is 11.2. The van der Waals surface area contributed by atoms with Gasteiger partial charge in [0.25, 0.3) is 0 Å². The minimum Gasteiger partial charge on any atom is -0.496 e. The Morgan fingerprint density at radius 1 is 1.14 bits per heavy atom. The number of nitro groups is 1. The van der Waals surface area contributed by atoms with E-state index >= 15 is 0 Å².